The molecule has 1 saturated heterocycles. The molecule has 1 N–H and O–H groups in total. The van der Waals surface area contributed by atoms with Crippen molar-refractivity contribution in [3.05, 3.63) is 0 Å². The van der Waals surface area contributed by atoms with Crippen LogP contribution in [0, 0.1) is 5.41 Å². The predicted octanol–water partition coefficient (Wildman–Crippen LogP) is 1.48. The van der Waals surface area contributed by atoms with E-state index in [9.17, 15) is 4.79 Å². The molecular formula is C13H26N2O3. The molecule has 1 aliphatic rings. The Morgan fingerprint density at radius 3 is 2.78 bits per heavy atom. The second-order valence-electron chi connectivity index (χ2n) is 5.93. The van der Waals surface area contributed by atoms with Gasteiger partial charge in [0.05, 0.1) is 25.9 Å². The molecular weight excluding hydrogens is 232 g/mol. The molecule has 1 rings (SSSR count). The first-order chi connectivity index (χ1) is 8.34. The predicted molar refractivity (Wildman–Crippen MR) is 70.6 cm³/mol. The number of urea groups is 1. The summed E-state index contributed by atoms with van der Waals surface area (Å²) in [5.41, 5.74) is 0.0634. The Labute approximate surface area is 110 Å². The summed E-state index contributed by atoms with van der Waals surface area (Å²) in [4.78, 5) is 13.9. The maximum Gasteiger partial charge on any atom is 0.317 e. The zero-order valence-corrected chi connectivity index (χ0v) is 12.2. The third-order valence-corrected chi connectivity index (χ3v) is 3.42. The second kappa shape index (κ2) is 6.38. The molecule has 5 heteroatoms. The van der Waals surface area contributed by atoms with Crippen molar-refractivity contribution >= 4 is 6.03 Å². The number of amides is 2. The molecule has 0 aromatic rings. The fourth-order valence-corrected chi connectivity index (χ4v) is 1.68. The summed E-state index contributed by atoms with van der Waals surface area (Å²) in [5.74, 6) is 0. The number of ether oxygens (including phenoxy) is 2. The molecule has 0 radical (unpaired) electrons. The summed E-state index contributed by atoms with van der Waals surface area (Å²) >= 11 is 0. The van der Waals surface area contributed by atoms with Gasteiger partial charge in [0.15, 0.2) is 0 Å². The minimum Gasteiger partial charge on any atom is -0.382 e. The van der Waals surface area contributed by atoms with E-state index in [1.165, 1.54) is 0 Å². The molecule has 2 atom stereocenters. The van der Waals surface area contributed by atoms with Gasteiger partial charge in [-0.15, -0.1) is 0 Å². The zero-order chi connectivity index (χ0) is 13.8. The van der Waals surface area contributed by atoms with Crippen molar-refractivity contribution in [3.63, 3.8) is 0 Å². The molecule has 1 aliphatic heterocycles. The highest BCUT2D eigenvalue weighted by Gasteiger charge is 2.27. The number of hydrogen-bond acceptors (Lipinski definition) is 3. The molecule has 2 amide bonds. The van der Waals surface area contributed by atoms with Crippen molar-refractivity contribution in [2.45, 2.75) is 39.8 Å². The highest BCUT2D eigenvalue weighted by atomic mass is 16.5. The van der Waals surface area contributed by atoms with E-state index in [1.807, 2.05) is 6.92 Å². The number of hydrogen-bond donors (Lipinski definition) is 1. The normalized spacial score (nSPS) is 22.7. The summed E-state index contributed by atoms with van der Waals surface area (Å²) in [7, 11) is 1.64. The van der Waals surface area contributed by atoms with E-state index in [0.717, 1.165) is 0 Å². The molecule has 1 fully saturated rings. The van der Waals surface area contributed by atoms with Gasteiger partial charge in [0.25, 0.3) is 0 Å². The van der Waals surface area contributed by atoms with Crippen LogP contribution in [-0.2, 0) is 9.47 Å². The second-order valence-corrected chi connectivity index (χ2v) is 5.93. The number of morpholine rings is 1. The van der Waals surface area contributed by atoms with Crippen LogP contribution in [0.2, 0.25) is 0 Å². The highest BCUT2D eigenvalue weighted by molar-refractivity contribution is 5.74. The lowest BCUT2D eigenvalue weighted by Gasteiger charge is -2.35. The summed E-state index contributed by atoms with van der Waals surface area (Å²) in [6.45, 7) is 10.7. The number of nitrogens with zero attached hydrogens (tertiary/aromatic N) is 1. The first kappa shape index (κ1) is 15.2. The molecule has 0 aromatic heterocycles. The third-order valence-electron chi connectivity index (χ3n) is 3.42. The fraction of sp³-hybridized carbons (Fsp3) is 0.923. The largest absolute Gasteiger partial charge is 0.382 e. The topological polar surface area (TPSA) is 50.8 Å². The molecule has 0 bridgehead atoms. The van der Waals surface area contributed by atoms with E-state index in [1.54, 1.807) is 12.0 Å². The van der Waals surface area contributed by atoms with E-state index in [-0.39, 0.29) is 23.6 Å². The van der Waals surface area contributed by atoms with Crippen LogP contribution in [0.25, 0.3) is 0 Å². The Morgan fingerprint density at radius 1 is 1.56 bits per heavy atom. The van der Waals surface area contributed by atoms with Crippen LogP contribution in [0.3, 0.4) is 0 Å². The molecule has 106 valence electrons. The smallest absolute Gasteiger partial charge is 0.317 e. The van der Waals surface area contributed by atoms with Gasteiger partial charge >= 0.3 is 6.03 Å². The molecule has 1 heterocycles. The van der Waals surface area contributed by atoms with Crippen LogP contribution < -0.4 is 5.32 Å². The Balaban J connectivity index is 2.46. The van der Waals surface area contributed by atoms with Gasteiger partial charge in [0, 0.05) is 19.7 Å². The van der Waals surface area contributed by atoms with Crippen LogP contribution in [-0.4, -0.2) is 56.5 Å². The quantitative estimate of drug-likeness (QED) is 0.834. The molecule has 5 nitrogen and oxygen atoms in total. The average molecular weight is 258 g/mol. The number of nitrogens with one attached hydrogen (secondary N) is 1. The van der Waals surface area contributed by atoms with Crippen molar-refractivity contribution in [2.75, 3.05) is 33.4 Å². The van der Waals surface area contributed by atoms with Crippen molar-refractivity contribution in [1.29, 1.82) is 0 Å². The van der Waals surface area contributed by atoms with E-state index in [0.29, 0.717) is 26.3 Å². The number of carbonyl (C=O) groups excluding carboxylic acids is 1. The van der Waals surface area contributed by atoms with Gasteiger partial charge in [-0.3, -0.25) is 0 Å². The molecule has 0 unspecified atom stereocenters. The Bertz CT molecular complexity index is 274. The van der Waals surface area contributed by atoms with Crippen LogP contribution in [0.1, 0.15) is 27.7 Å². The lowest BCUT2D eigenvalue weighted by Crippen LogP contribution is -2.54. The first-order valence-corrected chi connectivity index (χ1v) is 6.50. The van der Waals surface area contributed by atoms with Gasteiger partial charge in [0.1, 0.15) is 0 Å². The Kier molecular flexibility index (Phi) is 5.41. The summed E-state index contributed by atoms with van der Waals surface area (Å²) in [6.07, 6.45) is -0.0144. The first-order valence-electron chi connectivity index (χ1n) is 6.50. The van der Waals surface area contributed by atoms with Crippen LogP contribution >= 0.6 is 0 Å². The molecule has 18 heavy (non-hydrogen) atoms. The monoisotopic (exact) mass is 258 g/mol. The van der Waals surface area contributed by atoms with Gasteiger partial charge in [-0.1, -0.05) is 20.8 Å². The van der Waals surface area contributed by atoms with E-state index in [4.69, 9.17) is 9.47 Å². The van der Waals surface area contributed by atoms with Gasteiger partial charge < -0.3 is 19.7 Å². The maximum absolute atomic E-state index is 12.1. The molecule has 0 spiro atoms. The molecule has 0 aromatic carbocycles. The van der Waals surface area contributed by atoms with Crippen LogP contribution in [0.4, 0.5) is 4.79 Å². The van der Waals surface area contributed by atoms with Gasteiger partial charge in [-0.05, 0) is 12.3 Å². The van der Waals surface area contributed by atoms with Crippen LogP contribution in [0.15, 0.2) is 0 Å². The van der Waals surface area contributed by atoms with Gasteiger partial charge in [-0.2, -0.15) is 0 Å². The van der Waals surface area contributed by atoms with Crippen LogP contribution in [0.5, 0.6) is 0 Å². The molecule has 0 saturated carbocycles. The summed E-state index contributed by atoms with van der Waals surface area (Å²) < 4.78 is 10.6. The van der Waals surface area contributed by atoms with E-state index < -0.39 is 0 Å². The highest BCUT2D eigenvalue weighted by Crippen LogP contribution is 2.19. The molecule has 0 aliphatic carbocycles. The standard InChI is InChI=1S/C13H26N2O3/c1-10(13(2,3)4)14-12(16)15-6-7-18-11(8-15)9-17-5/h10-11H,6-9H2,1-5H3,(H,14,16)/t10-,11+/m0/s1. The van der Waals surface area contributed by atoms with Gasteiger partial charge in [0.2, 0.25) is 0 Å². The summed E-state index contributed by atoms with van der Waals surface area (Å²) in [6, 6.07) is 0.121. The number of carbonyl (C=O) groups is 1. The maximum atomic E-state index is 12.1. The van der Waals surface area contributed by atoms with Gasteiger partial charge in [-0.25, -0.2) is 4.79 Å². The van der Waals surface area contributed by atoms with Crippen molar-refractivity contribution in [1.82, 2.24) is 10.2 Å². The van der Waals surface area contributed by atoms with Crippen molar-refractivity contribution < 1.29 is 14.3 Å². The zero-order valence-electron chi connectivity index (χ0n) is 12.2. The third kappa shape index (κ3) is 4.46. The Morgan fingerprint density at radius 2 is 2.22 bits per heavy atom. The SMILES string of the molecule is COC[C@H]1CN(C(=O)N[C@@H](C)C(C)(C)C)CCO1. The van der Waals surface area contributed by atoms with Crippen molar-refractivity contribution in [2.24, 2.45) is 5.41 Å². The lowest BCUT2D eigenvalue weighted by molar-refractivity contribution is -0.0498. The summed E-state index contributed by atoms with van der Waals surface area (Å²) in [5, 5.41) is 3.04. The lowest BCUT2D eigenvalue weighted by atomic mass is 9.88. The number of rotatable bonds is 3. The van der Waals surface area contributed by atoms with E-state index in [2.05, 4.69) is 26.1 Å². The average Bonchev–Trinajstić information content (AvgIpc) is 2.28. The van der Waals surface area contributed by atoms with Crippen molar-refractivity contribution in [3.8, 4) is 0 Å². The Hall–Kier alpha value is -0.810. The minimum atomic E-state index is -0.0144. The minimum absolute atomic E-state index is 0.0122. The van der Waals surface area contributed by atoms with E-state index >= 15 is 0 Å². The fourth-order valence-electron chi connectivity index (χ4n) is 1.68. The number of methoxy groups -OCH3 is 1.